The Kier molecular flexibility index (Phi) is 24.5. The van der Waals surface area contributed by atoms with Gasteiger partial charge in [-0.2, -0.15) is 0 Å². The molecule has 0 aromatic heterocycles. The third kappa shape index (κ3) is 18.4. The number of aliphatic hydroxyl groups excluding tert-OH is 7. The van der Waals surface area contributed by atoms with Crippen LogP contribution in [0.25, 0.3) is 0 Å². The van der Waals surface area contributed by atoms with E-state index >= 15 is 0 Å². The fourth-order valence-corrected chi connectivity index (χ4v) is 5.97. The first-order valence-electron chi connectivity index (χ1n) is 19.4. The summed E-state index contributed by atoms with van der Waals surface area (Å²) >= 11 is 0. The summed E-state index contributed by atoms with van der Waals surface area (Å²) in [6.07, 6.45) is 7.77. The number of hydrogen-bond acceptors (Lipinski definition) is 15. The lowest BCUT2D eigenvalue weighted by atomic mass is 9.98. The van der Waals surface area contributed by atoms with Crippen molar-refractivity contribution in [3.05, 3.63) is 24.3 Å². The second kappa shape index (κ2) is 27.5. The highest BCUT2D eigenvalue weighted by atomic mass is 16.7. The van der Waals surface area contributed by atoms with Gasteiger partial charge in [0.25, 0.3) is 0 Å². The second-order valence-corrected chi connectivity index (χ2v) is 13.8. The monoisotopic (exact) mass is 762 g/mol. The van der Waals surface area contributed by atoms with Crippen molar-refractivity contribution < 1.29 is 73.8 Å². The van der Waals surface area contributed by atoms with Crippen LogP contribution in [0.1, 0.15) is 110 Å². The summed E-state index contributed by atoms with van der Waals surface area (Å²) in [5.74, 6) is -1.13. The molecule has 0 aliphatic carbocycles. The van der Waals surface area contributed by atoms with E-state index in [1.165, 1.54) is 45.4 Å². The molecule has 0 bridgehead atoms. The van der Waals surface area contributed by atoms with Gasteiger partial charge in [-0.15, -0.1) is 0 Å². The van der Waals surface area contributed by atoms with Gasteiger partial charge in [0.2, 0.25) is 0 Å². The second-order valence-electron chi connectivity index (χ2n) is 13.8. The van der Waals surface area contributed by atoms with Crippen LogP contribution in [-0.2, 0) is 38.0 Å². The Hall–Kier alpha value is -2.02. The van der Waals surface area contributed by atoms with Gasteiger partial charge >= 0.3 is 11.9 Å². The van der Waals surface area contributed by atoms with Crippen molar-refractivity contribution in [3.63, 3.8) is 0 Å². The van der Waals surface area contributed by atoms with Crippen LogP contribution in [0.3, 0.4) is 0 Å². The third-order valence-corrected chi connectivity index (χ3v) is 9.24. The molecule has 0 spiro atoms. The predicted molar refractivity (Wildman–Crippen MR) is 192 cm³/mol. The van der Waals surface area contributed by atoms with Gasteiger partial charge in [0, 0.05) is 13.3 Å². The zero-order chi connectivity index (χ0) is 39.0. The Morgan fingerprint density at radius 3 is 1.75 bits per heavy atom. The SMILES string of the molecule is CCCCCC/C=C\C/C=C\CCCCCCCCCC(=O)OC(COC(C)=O)COC1OC(COC2OC(CO)C(O)C(O)C2O)C(O)C(O)C1O. The lowest BCUT2D eigenvalue weighted by Gasteiger charge is -2.42. The number of carbonyl (C=O) groups is 2. The van der Waals surface area contributed by atoms with Gasteiger partial charge in [-0.1, -0.05) is 82.6 Å². The van der Waals surface area contributed by atoms with Crippen molar-refractivity contribution in [3.8, 4) is 0 Å². The molecule has 2 heterocycles. The van der Waals surface area contributed by atoms with Crippen molar-refractivity contribution in [1.82, 2.24) is 0 Å². The molecule has 53 heavy (non-hydrogen) atoms. The molecule has 0 amide bonds. The number of esters is 2. The van der Waals surface area contributed by atoms with E-state index in [0.717, 1.165) is 44.9 Å². The Balaban J connectivity index is 1.69. The molecule has 15 nitrogen and oxygen atoms in total. The lowest BCUT2D eigenvalue weighted by molar-refractivity contribution is -0.332. The summed E-state index contributed by atoms with van der Waals surface area (Å²) in [6, 6.07) is 0. The van der Waals surface area contributed by atoms with Gasteiger partial charge in [-0.05, 0) is 38.5 Å². The van der Waals surface area contributed by atoms with Crippen molar-refractivity contribution in [1.29, 1.82) is 0 Å². The standard InChI is InChI=1S/C38H66O15/c1-3-4-5-6-7-8-9-10-11-12-13-14-15-16-17-18-19-20-21-30(41)51-27(23-48-26(2)40)24-49-37-36(47)34(45)32(43)29(53-37)25-50-38-35(46)33(44)31(42)28(22-39)52-38/h8-9,11-12,27-29,31-39,42-47H,3-7,10,13-25H2,1-2H3/b9-8-,12-11-. The molecule has 2 saturated heterocycles. The van der Waals surface area contributed by atoms with Crippen molar-refractivity contribution in [2.24, 2.45) is 0 Å². The Morgan fingerprint density at radius 1 is 0.642 bits per heavy atom. The topological polar surface area (TPSA) is 231 Å². The van der Waals surface area contributed by atoms with Crippen LogP contribution in [0.5, 0.6) is 0 Å². The van der Waals surface area contributed by atoms with Gasteiger partial charge in [0.1, 0.15) is 55.4 Å². The highest BCUT2D eigenvalue weighted by Crippen LogP contribution is 2.26. The van der Waals surface area contributed by atoms with Crippen LogP contribution in [0.2, 0.25) is 0 Å². The number of ether oxygens (including phenoxy) is 6. The molecule has 2 aliphatic heterocycles. The molecule has 308 valence electrons. The molecule has 2 aliphatic rings. The molecule has 2 fully saturated rings. The Morgan fingerprint density at radius 2 is 1.17 bits per heavy atom. The number of allylic oxidation sites excluding steroid dienone is 4. The van der Waals surface area contributed by atoms with Crippen LogP contribution in [0.15, 0.2) is 24.3 Å². The molecular formula is C38H66O15. The average Bonchev–Trinajstić information content (AvgIpc) is 3.14. The van der Waals surface area contributed by atoms with Gasteiger partial charge < -0.3 is 64.2 Å². The van der Waals surface area contributed by atoms with E-state index in [-0.39, 0.29) is 13.0 Å². The van der Waals surface area contributed by atoms with E-state index in [1.54, 1.807) is 0 Å². The summed E-state index contributed by atoms with van der Waals surface area (Å²) in [5.41, 5.74) is 0. The molecule has 11 atom stereocenters. The average molecular weight is 763 g/mol. The number of unbranched alkanes of at least 4 members (excludes halogenated alkanes) is 11. The summed E-state index contributed by atoms with van der Waals surface area (Å²) in [5, 5.41) is 70.9. The maximum atomic E-state index is 12.6. The van der Waals surface area contributed by atoms with Crippen LogP contribution in [0.4, 0.5) is 0 Å². The van der Waals surface area contributed by atoms with Crippen LogP contribution in [0, 0.1) is 0 Å². The molecule has 0 saturated carbocycles. The third-order valence-electron chi connectivity index (χ3n) is 9.24. The molecule has 0 aromatic rings. The van der Waals surface area contributed by atoms with Crippen molar-refractivity contribution in [2.75, 3.05) is 26.4 Å². The number of hydrogen-bond donors (Lipinski definition) is 7. The van der Waals surface area contributed by atoms with Gasteiger partial charge in [-0.25, -0.2) is 0 Å². The van der Waals surface area contributed by atoms with Crippen molar-refractivity contribution >= 4 is 11.9 Å². The number of carbonyl (C=O) groups excluding carboxylic acids is 2. The summed E-state index contributed by atoms with van der Waals surface area (Å²) in [4.78, 5) is 24.1. The fourth-order valence-electron chi connectivity index (χ4n) is 5.97. The summed E-state index contributed by atoms with van der Waals surface area (Å²) in [6.45, 7) is 1.48. The lowest BCUT2D eigenvalue weighted by Crippen LogP contribution is -2.61. The highest BCUT2D eigenvalue weighted by molar-refractivity contribution is 5.69. The highest BCUT2D eigenvalue weighted by Gasteiger charge is 2.47. The van der Waals surface area contributed by atoms with E-state index < -0.39 is 99.3 Å². The normalized spacial score (nSPS) is 29.8. The molecule has 7 N–H and O–H groups in total. The van der Waals surface area contributed by atoms with E-state index in [1.807, 2.05) is 0 Å². The first-order valence-corrected chi connectivity index (χ1v) is 19.4. The van der Waals surface area contributed by atoms with E-state index in [4.69, 9.17) is 28.4 Å². The quantitative estimate of drug-likeness (QED) is 0.0361. The molecule has 15 heteroatoms. The zero-order valence-corrected chi connectivity index (χ0v) is 31.5. The first kappa shape index (κ1) is 47.1. The van der Waals surface area contributed by atoms with E-state index in [2.05, 4.69) is 31.2 Å². The fraction of sp³-hybridized carbons (Fsp3) is 0.842. The summed E-state index contributed by atoms with van der Waals surface area (Å²) in [7, 11) is 0. The predicted octanol–water partition coefficient (Wildman–Crippen LogP) is 2.09. The van der Waals surface area contributed by atoms with Gasteiger partial charge in [0.15, 0.2) is 18.7 Å². The van der Waals surface area contributed by atoms with Gasteiger partial charge in [-0.3, -0.25) is 9.59 Å². The maximum absolute atomic E-state index is 12.6. The number of rotatable bonds is 27. The molecule has 0 aromatic carbocycles. The largest absolute Gasteiger partial charge is 0.462 e. The minimum absolute atomic E-state index is 0.152. The molecule has 11 unspecified atom stereocenters. The molecule has 0 radical (unpaired) electrons. The first-order chi connectivity index (χ1) is 25.5. The maximum Gasteiger partial charge on any atom is 0.306 e. The zero-order valence-electron chi connectivity index (χ0n) is 31.5. The van der Waals surface area contributed by atoms with Crippen LogP contribution < -0.4 is 0 Å². The van der Waals surface area contributed by atoms with Crippen molar-refractivity contribution in [2.45, 2.75) is 178 Å². The molecule has 2 rings (SSSR count). The smallest absolute Gasteiger partial charge is 0.306 e. The Bertz CT molecular complexity index is 1040. The Labute approximate surface area is 313 Å². The minimum Gasteiger partial charge on any atom is -0.462 e. The number of aliphatic hydroxyl groups is 7. The van der Waals surface area contributed by atoms with Gasteiger partial charge in [0.05, 0.1) is 19.8 Å². The van der Waals surface area contributed by atoms with E-state index in [0.29, 0.717) is 6.42 Å². The van der Waals surface area contributed by atoms with E-state index in [9.17, 15) is 45.3 Å². The molecular weight excluding hydrogens is 696 g/mol. The van der Waals surface area contributed by atoms with Crippen LogP contribution >= 0.6 is 0 Å². The minimum atomic E-state index is -1.76. The van der Waals surface area contributed by atoms with Crippen LogP contribution in [-0.4, -0.2) is 142 Å². The summed E-state index contributed by atoms with van der Waals surface area (Å²) < 4.78 is 32.4.